The molecule has 0 radical (unpaired) electrons. The third-order valence-electron chi connectivity index (χ3n) is 4.31. The van der Waals surface area contributed by atoms with Crippen LogP contribution in [0.4, 0.5) is 5.69 Å². The van der Waals surface area contributed by atoms with Gasteiger partial charge in [0.25, 0.3) is 5.69 Å². The van der Waals surface area contributed by atoms with Crippen molar-refractivity contribution >= 4 is 5.69 Å². The minimum atomic E-state index is -0.409. The molecular weight excluding hydrogens is 232 g/mol. The first-order valence-corrected chi connectivity index (χ1v) is 6.22. The van der Waals surface area contributed by atoms with Gasteiger partial charge in [-0.15, -0.1) is 0 Å². The van der Waals surface area contributed by atoms with E-state index in [1.165, 1.54) is 6.20 Å². The van der Waals surface area contributed by atoms with E-state index < -0.39 is 4.92 Å². The molecule has 6 nitrogen and oxygen atoms in total. The maximum Gasteiger partial charge on any atom is 0.287 e. The van der Waals surface area contributed by atoms with E-state index in [1.54, 1.807) is 6.07 Å². The fourth-order valence-electron chi connectivity index (χ4n) is 3.20. The smallest absolute Gasteiger partial charge is 0.287 e. The van der Waals surface area contributed by atoms with Crippen molar-refractivity contribution in [2.75, 3.05) is 13.1 Å². The van der Waals surface area contributed by atoms with E-state index in [0.717, 1.165) is 43.6 Å². The highest BCUT2D eigenvalue weighted by Gasteiger charge is 2.45. The summed E-state index contributed by atoms with van der Waals surface area (Å²) in [6, 6.07) is 1.48. The van der Waals surface area contributed by atoms with Gasteiger partial charge in [0.15, 0.2) is 0 Å². The number of fused-ring (bicyclic) bond motifs is 1. The molecule has 1 aliphatic heterocycles. The molecule has 0 bridgehead atoms. The molecule has 1 atom stereocenters. The van der Waals surface area contributed by atoms with Crippen LogP contribution in [0.5, 0.6) is 0 Å². The number of nitrogens with two attached hydrogens (primary N) is 1. The maximum absolute atomic E-state index is 10.8. The number of nitrogens with zero attached hydrogens (tertiary/aromatic N) is 2. The fourth-order valence-corrected chi connectivity index (χ4v) is 3.20. The molecule has 2 heterocycles. The van der Waals surface area contributed by atoms with Gasteiger partial charge in [0.05, 0.1) is 4.92 Å². The highest BCUT2D eigenvalue weighted by atomic mass is 16.6. The van der Waals surface area contributed by atoms with Crippen LogP contribution in [0.15, 0.2) is 12.3 Å². The second-order valence-electron chi connectivity index (χ2n) is 5.25. The first-order valence-electron chi connectivity index (χ1n) is 6.22. The van der Waals surface area contributed by atoms with Crippen molar-refractivity contribution in [1.82, 2.24) is 10.3 Å². The van der Waals surface area contributed by atoms with Gasteiger partial charge < -0.3 is 11.1 Å². The summed E-state index contributed by atoms with van der Waals surface area (Å²) >= 11 is 0. The summed E-state index contributed by atoms with van der Waals surface area (Å²) < 4.78 is 0. The second-order valence-corrected chi connectivity index (χ2v) is 5.25. The number of rotatable bonds is 1. The number of piperidine rings is 1. The fraction of sp³-hybridized carbons (Fsp3) is 0.583. The molecule has 18 heavy (non-hydrogen) atoms. The molecule has 1 aromatic rings. The summed E-state index contributed by atoms with van der Waals surface area (Å²) in [5.41, 5.74) is 8.23. The highest BCUT2D eigenvalue weighted by molar-refractivity contribution is 5.41. The summed E-state index contributed by atoms with van der Waals surface area (Å²) in [4.78, 5) is 14.6. The van der Waals surface area contributed by atoms with Gasteiger partial charge in [0.1, 0.15) is 6.20 Å². The summed E-state index contributed by atoms with van der Waals surface area (Å²) in [5.74, 6) is 0. The minimum Gasteiger partial charge on any atom is -0.323 e. The zero-order chi connectivity index (χ0) is 12.8. The Labute approximate surface area is 105 Å². The molecule has 3 rings (SSSR count). The number of pyridine rings is 1. The van der Waals surface area contributed by atoms with Crippen LogP contribution in [0.2, 0.25) is 0 Å². The van der Waals surface area contributed by atoms with Crippen molar-refractivity contribution < 1.29 is 4.92 Å². The van der Waals surface area contributed by atoms with Crippen molar-refractivity contribution in [1.29, 1.82) is 0 Å². The molecule has 1 aliphatic carbocycles. The Morgan fingerprint density at radius 2 is 2.22 bits per heavy atom. The molecule has 0 saturated carbocycles. The summed E-state index contributed by atoms with van der Waals surface area (Å²) in [6.45, 7) is 1.92. The zero-order valence-electron chi connectivity index (χ0n) is 10.1. The van der Waals surface area contributed by atoms with Crippen LogP contribution in [0.25, 0.3) is 0 Å². The van der Waals surface area contributed by atoms with Gasteiger partial charge in [0, 0.05) is 17.8 Å². The normalized spacial score (nSPS) is 25.1. The van der Waals surface area contributed by atoms with Gasteiger partial charge in [-0.05, 0) is 43.3 Å². The first-order chi connectivity index (χ1) is 8.62. The average Bonchev–Trinajstić information content (AvgIpc) is 2.63. The van der Waals surface area contributed by atoms with Crippen LogP contribution in [-0.4, -0.2) is 23.0 Å². The average molecular weight is 248 g/mol. The number of nitro groups is 1. The lowest BCUT2D eigenvalue weighted by Crippen LogP contribution is -2.42. The Hall–Kier alpha value is -1.53. The van der Waals surface area contributed by atoms with Crippen LogP contribution >= 0.6 is 0 Å². The van der Waals surface area contributed by atoms with E-state index >= 15 is 0 Å². The molecule has 1 spiro atoms. The molecule has 1 saturated heterocycles. The Balaban J connectivity index is 1.98. The molecule has 1 unspecified atom stereocenters. The summed E-state index contributed by atoms with van der Waals surface area (Å²) in [5, 5.41) is 14.1. The quantitative estimate of drug-likeness (QED) is 0.569. The SMILES string of the molecule is NC1c2cc([N+](=O)[O-])cnc2CC12CCNCC2. The van der Waals surface area contributed by atoms with Crippen molar-refractivity contribution in [3.05, 3.63) is 33.6 Å². The van der Waals surface area contributed by atoms with Gasteiger partial charge in [-0.25, -0.2) is 0 Å². The molecule has 3 N–H and O–H groups in total. The highest BCUT2D eigenvalue weighted by Crippen LogP contribution is 2.49. The van der Waals surface area contributed by atoms with Crippen LogP contribution in [0, 0.1) is 15.5 Å². The molecular formula is C12H16N4O2. The van der Waals surface area contributed by atoms with Crippen LogP contribution in [-0.2, 0) is 6.42 Å². The van der Waals surface area contributed by atoms with E-state index in [2.05, 4.69) is 10.3 Å². The zero-order valence-corrected chi connectivity index (χ0v) is 10.1. The predicted molar refractivity (Wildman–Crippen MR) is 66.1 cm³/mol. The van der Waals surface area contributed by atoms with Crippen molar-refractivity contribution in [2.45, 2.75) is 25.3 Å². The molecule has 1 aromatic heterocycles. The molecule has 2 aliphatic rings. The van der Waals surface area contributed by atoms with E-state index in [4.69, 9.17) is 5.73 Å². The number of hydrogen-bond acceptors (Lipinski definition) is 5. The monoisotopic (exact) mass is 248 g/mol. The first kappa shape index (κ1) is 11.6. The molecule has 6 heteroatoms. The van der Waals surface area contributed by atoms with Gasteiger partial charge in [0.2, 0.25) is 0 Å². The van der Waals surface area contributed by atoms with Gasteiger partial charge in [-0.3, -0.25) is 15.1 Å². The summed E-state index contributed by atoms with van der Waals surface area (Å²) in [6.07, 6.45) is 4.21. The number of hydrogen-bond donors (Lipinski definition) is 2. The van der Waals surface area contributed by atoms with Gasteiger partial charge in [-0.1, -0.05) is 0 Å². The standard InChI is InChI=1S/C12H16N4O2/c13-11-9-5-8(16(17)18)7-15-10(9)6-12(11)1-3-14-4-2-12/h5,7,11,14H,1-4,6,13H2. The molecule has 0 aromatic carbocycles. The lowest BCUT2D eigenvalue weighted by Gasteiger charge is -2.37. The Bertz CT molecular complexity index is 497. The lowest BCUT2D eigenvalue weighted by molar-refractivity contribution is -0.385. The summed E-state index contributed by atoms with van der Waals surface area (Å²) in [7, 11) is 0. The molecule has 0 amide bonds. The molecule has 1 fully saturated rings. The Kier molecular flexibility index (Phi) is 2.57. The van der Waals surface area contributed by atoms with Gasteiger partial charge in [-0.2, -0.15) is 0 Å². The van der Waals surface area contributed by atoms with Gasteiger partial charge >= 0.3 is 0 Å². The number of nitrogens with one attached hydrogen (secondary N) is 1. The predicted octanol–water partition coefficient (Wildman–Crippen LogP) is 0.915. The van der Waals surface area contributed by atoms with Crippen molar-refractivity contribution in [3.63, 3.8) is 0 Å². The van der Waals surface area contributed by atoms with E-state index in [1.807, 2.05) is 0 Å². The maximum atomic E-state index is 10.8. The Morgan fingerprint density at radius 3 is 2.89 bits per heavy atom. The van der Waals surface area contributed by atoms with Crippen molar-refractivity contribution in [2.24, 2.45) is 11.1 Å². The van der Waals surface area contributed by atoms with E-state index in [-0.39, 0.29) is 17.1 Å². The lowest BCUT2D eigenvalue weighted by atomic mass is 9.74. The third-order valence-corrected chi connectivity index (χ3v) is 4.31. The van der Waals surface area contributed by atoms with Crippen LogP contribution < -0.4 is 11.1 Å². The van der Waals surface area contributed by atoms with E-state index in [0.29, 0.717) is 0 Å². The second kappa shape index (κ2) is 4.00. The number of aromatic nitrogens is 1. The minimum absolute atomic E-state index is 0.0372. The van der Waals surface area contributed by atoms with Crippen molar-refractivity contribution in [3.8, 4) is 0 Å². The topological polar surface area (TPSA) is 94.1 Å². The van der Waals surface area contributed by atoms with E-state index in [9.17, 15) is 10.1 Å². The van der Waals surface area contributed by atoms with Crippen LogP contribution in [0.1, 0.15) is 30.1 Å². The van der Waals surface area contributed by atoms with Crippen LogP contribution in [0.3, 0.4) is 0 Å². The Morgan fingerprint density at radius 1 is 1.50 bits per heavy atom. The largest absolute Gasteiger partial charge is 0.323 e. The third kappa shape index (κ3) is 1.60. The molecule has 96 valence electrons.